The Morgan fingerprint density at radius 3 is 2.19 bits per heavy atom. The Labute approximate surface area is 335 Å². The molecular formula is C44H55FN6O6. The number of nitrogens with one attached hydrogen (secondary N) is 2. The number of imidazole rings is 1. The van der Waals surface area contributed by atoms with Crippen molar-refractivity contribution in [3.05, 3.63) is 63.6 Å². The molecule has 4 heterocycles. The first kappa shape index (κ1) is 42.7. The van der Waals surface area contributed by atoms with E-state index in [1.54, 1.807) is 17.0 Å². The number of hydrogen-bond donors (Lipinski definition) is 2. The van der Waals surface area contributed by atoms with Crippen LogP contribution in [0.4, 0.5) is 9.18 Å². The van der Waals surface area contributed by atoms with Crippen molar-refractivity contribution in [2.75, 3.05) is 27.3 Å². The highest BCUT2D eigenvalue weighted by atomic mass is 19.1. The van der Waals surface area contributed by atoms with Crippen molar-refractivity contribution in [2.45, 2.75) is 99.2 Å². The largest absolute Gasteiger partial charge is 0.469 e. The number of aryl methyl sites for hydroxylation is 1. The van der Waals surface area contributed by atoms with Crippen LogP contribution in [0.1, 0.15) is 109 Å². The van der Waals surface area contributed by atoms with E-state index in [4.69, 9.17) is 19.5 Å². The molecule has 3 aliphatic heterocycles. The minimum Gasteiger partial charge on any atom is -0.469 e. The number of ether oxygens (including phenoxy) is 2. The van der Waals surface area contributed by atoms with Gasteiger partial charge in [-0.15, -0.1) is 0 Å². The van der Waals surface area contributed by atoms with Crippen LogP contribution in [0.5, 0.6) is 0 Å². The first-order valence-electron chi connectivity index (χ1n) is 19.7. The van der Waals surface area contributed by atoms with Crippen LogP contribution in [0, 0.1) is 66.0 Å². The van der Waals surface area contributed by atoms with Gasteiger partial charge in [0, 0.05) is 47.7 Å². The number of H-pyrrole nitrogens is 1. The van der Waals surface area contributed by atoms with Gasteiger partial charge in [0.1, 0.15) is 23.4 Å². The van der Waals surface area contributed by atoms with Crippen molar-refractivity contribution in [3.63, 3.8) is 0 Å². The number of carbonyl (C=O) groups is 4. The normalized spacial score (nSPS) is 21.5. The second-order valence-electron chi connectivity index (χ2n) is 16.3. The van der Waals surface area contributed by atoms with E-state index in [9.17, 15) is 19.2 Å². The lowest BCUT2D eigenvalue weighted by Gasteiger charge is -2.30. The van der Waals surface area contributed by atoms with Crippen LogP contribution >= 0.6 is 0 Å². The van der Waals surface area contributed by atoms with Crippen molar-refractivity contribution in [1.29, 1.82) is 0 Å². The fraction of sp³-hybridized carbons (Fsp3) is 0.545. The maximum absolute atomic E-state index is 15.4. The summed E-state index contributed by atoms with van der Waals surface area (Å²) in [5.74, 6) is 11.4. The molecule has 0 saturated carbocycles. The zero-order chi connectivity index (χ0) is 41.7. The van der Waals surface area contributed by atoms with E-state index in [0.29, 0.717) is 43.0 Å². The quantitative estimate of drug-likeness (QED) is 0.231. The summed E-state index contributed by atoms with van der Waals surface area (Å²) in [6.07, 6.45) is 1.30. The van der Waals surface area contributed by atoms with Gasteiger partial charge in [0.15, 0.2) is 0 Å². The number of halogens is 1. The van der Waals surface area contributed by atoms with Crippen molar-refractivity contribution >= 4 is 29.6 Å². The Kier molecular flexibility index (Phi) is 13.7. The van der Waals surface area contributed by atoms with Crippen LogP contribution in [-0.4, -0.2) is 88.7 Å². The molecule has 1 aromatic carbocycles. The van der Waals surface area contributed by atoms with Gasteiger partial charge >= 0.3 is 12.1 Å². The summed E-state index contributed by atoms with van der Waals surface area (Å²) >= 11 is 0. The van der Waals surface area contributed by atoms with E-state index in [2.05, 4.69) is 47.8 Å². The van der Waals surface area contributed by atoms with Gasteiger partial charge in [-0.3, -0.25) is 19.4 Å². The number of methoxy groups -OCH3 is 2. The number of benzene rings is 1. The number of esters is 1. The van der Waals surface area contributed by atoms with Gasteiger partial charge in [0.25, 0.3) is 0 Å². The second-order valence-corrected chi connectivity index (χ2v) is 16.3. The molecule has 0 unspecified atom stereocenters. The standard InChI is InChI=1S/C44H55FN6O6/c1-24(2)33(21-39(52)56-9)42(53)50-22-26(5)17-37(50)36-20-32(28(7)46-36)15-14-31-13-11-30(19-34(31)45)12-16-35-29(8)47-41(48-35)38-18-27(6)23-51(38)43(54)40(25(3)4)49-44(55)57-10/h11,13,19,24-27,33,37-38,40H,17-18,20-23H2,1-10H3,(H,47,48)(H,49,55)/t26-,27-,33-,37-,38-,40-/m0/s1. The Bertz CT molecular complexity index is 2080. The Balaban J connectivity index is 1.26. The molecule has 5 rings (SSSR count). The molecule has 2 saturated heterocycles. The van der Waals surface area contributed by atoms with E-state index in [1.807, 2.05) is 46.4 Å². The molecule has 0 radical (unpaired) electrons. The van der Waals surface area contributed by atoms with Crippen LogP contribution in [0.15, 0.2) is 34.5 Å². The van der Waals surface area contributed by atoms with Crippen LogP contribution in [0.3, 0.4) is 0 Å². The van der Waals surface area contributed by atoms with Gasteiger partial charge in [-0.2, -0.15) is 0 Å². The third kappa shape index (κ3) is 9.94. The molecule has 3 aliphatic rings. The monoisotopic (exact) mass is 782 g/mol. The number of rotatable bonds is 9. The maximum Gasteiger partial charge on any atom is 0.407 e. The summed E-state index contributed by atoms with van der Waals surface area (Å²) in [6, 6.07) is 3.39. The van der Waals surface area contributed by atoms with Crippen molar-refractivity contribution in [2.24, 2.45) is 34.6 Å². The van der Waals surface area contributed by atoms with Crippen molar-refractivity contribution in [1.82, 2.24) is 25.1 Å². The predicted octanol–water partition coefficient (Wildman–Crippen LogP) is 6.09. The molecule has 2 fully saturated rings. The lowest BCUT2D eigenvalue weighted by atomic mass is 9.90. The fourth-order valence-corrected chi connectivity index (χ4v) is 7.81. The molecule has 3 amide bonds. The number of amides is 3. The molecule has 2 N–H and O–H groups in total. The number of carbonyl (C=O) groups excluding carboxylic acids is 4. The Hall–Kier alpha value is -5.43. The molecule has 1 aromatic heterocycles. The number of allylic oxidation sites excluding steroid dienone is 2. The molecule has 0 bridgehead atoms. The van der Waals surface area contributed by atoms with Crippen LogP contribution in [0.25, 0.3) is 0 Å². The molecule has 0 spiro atoms. The van der Waals surface area contributed by atoms with Crippen molar-refractivity contribution in [3.8, 4) is 23.7 Å². The highest BCUT2D eigenvalue weighted by Crippen LogP contribution is 2.36. The topological polar surface area (TPSA) is 146 Å². The average molecular weight is 783 g/mol. The Morgan fingerprint density at radius 2 is 1.58 bits per heavy atom. The van der Waals surface area contributed by atoms with E-state index in [1.165, 1.54) is 20.3 Å². The molecule has 13 heteroatoms. The van der Waals surface area contributed by atoms with Crippen molar-refractivity contribution < 1.29 is 33.0 Å². The molecule has 0 aliphatic carbocycles. The number of nitrogens with zero attached hydrogens (tertiary/aromatic N) is 4. The maximum atomic E-state index is 15.4. The number of aromatic amines is 1. The fourth-order valence-electron chi connectivity index (χ4n) is 7.81. The van der Waals surface area contributed by atoms with Gasteiger partial charge in [-0.25, -0.2) is 14.2 Å². The van der Waals surface area contributed by atoms with Crippen LogP contribution in [0.2, 0.25) is 0 Å². The minimum absolute atomic E-state index is 0.0333. The number of aliphatic imine (C=N–C) groups is 1. The summed E-state index contributed by atoms with van der Waals surface area (Å²) < 4.78 is 25.0. The van der Waals surface area contributed by atoms with E-state index in [0.717, 1.165) is 29.1 Å². The first-order chi connectivity index (χ1) is 27.0. The molecule has 304 valence electrons. The van der Waals surface area contributed by atoms with Gasteiger partial charge in [-0.05, 0) is 74.5 Å². The number of hydrogen-bond acceptors (Lipinski definition) is 8. The number of aromatic nitrogens is 2. The second kappa shape index (κ2) is 18.2. The van der Waals surface area contributed by atoms with Gasteiger partial charge in [0.2, 0.25) is 11.8 Å². The van der Waals surface area contributed by atoms with E-state index in [-0.39, 0.29) is 59.6 Å². The smallest absolute Gasteiger partial charge is 0.407 e. The molecule has 2 aromatic rings. The highest BCUT2D eigenvalue weighted by molar-refractivity contribution is 5.99. The molecule has 12 nitrogen and oxygen atoms in total. The predicted molar refractivity (Wildman–Crippen MR) is 214 cm³/mol. The van der Waals surface area contributed by atoms with Gasteiger partial charge < -0.3 is 29.6 Å². The summed E-state index contributed by atoms with van der Waals surface area (Å²) in [6.45, 7) is 16.6. The first-order valence-corrected chi connectivity index (χ1v) is 19.7. The van der Waals surface area contributed by atoms with Crippen LogP contribution in [-0.2, 0) is 23.9 Å². The van der Waals surface area contributed by atoms with Gasteiger partial charge in [-0.1, -0.05) is 59.3 Å². The molecule has 57 heavy (non-hydrogen) atoms. The number of likely N-dealkylation sites (tertiary alicyclic amines) is 2. The van der Waals surface area contributed by atoms with Gasteiger partial charge in [0.05, 0.1) is 44.2 Å². The zero-order valence-electron chi connectivity index (χ0n) is 34.7. The van der Waals surface area contributed by atoms with E-state index >= 15 is 4.39 Å². The Morgan fingerprint density at radius 1 is 0.912 bits per heavy atom. The average Bonchev–Trinajstić information content (AvgIpc) is 3.95. The van der Waals surface area contributed by atoms with E-state index < -0.39 is 29.8 Å². The third-order valence-electron chi connectivity index (χ3n) is 11.1. The lowest BCUT2D eigenvalue weighted by molar-refractivity contribution is -0.148. The summed E-state index contributed by atoms with van der Waals surface area (Å²) in [5, 5.41) is 2.67. The molecule has 6 atom stereocenters. The SMILES string of the molecule is COC(=O)C[C@H](C(=O)N1C[C@@H](C)C[C@H]1C1=NC(C)=C(C#Cc2ccc(C#Cc3nc([C@@H]4C[C@H](C)CN4C(=O)[C@@H](NC(=O)OC)C(C)C)[nH]c3C)cc2F)C1)C(C)C. The zero-order valence-corrected chi connectivity index (χ0v) is 34.7. The third-order valence-corrected chi connectivity index (χ3v) is 11.1. The lowest BCUT2D eigenvalue weighted by Crippen LogP contribution is -2.51. The van der Waals surface area contributed by atoms with Crippen LogP contribution < -0.4 is 5.32 Å². The number of alkyl carbamates (subject to hydrolysis) is 1. The summed E-state index contributed by atoms with van der Waals surface area (Å²) in [4.78, 5) is 68.0. The minimum atomic E-state index is -0.749. The summed E-state index contributed by atoms with van der Waals surface area (Å²) in [7, 11) is 2.60. The molecular weight excluding hydrogens is 728 g/mol. The summed E-state index contributed by atoms with van der Waals surface area (Å²) in [5.41, 5.74) is 4.27. The highest BCUT2D eigenvalue weighted by Gasteiger charge is 2.42.